The first-order valence-corrected chi connectivity index (χ1v) is 6.79. The molecule has 0 amide bonds. The minimum absolute atomic E-state index is 0.0746. The molecule has 0 radical (unpaired) electrons. The van der Waals surface area contributed by atoms with Crippen LogP contribution in [0.5, 0.6) is 0 Å². The predicted octanol–water partition coefficient (Wildman–Crippen LogP) is 4.58. The molecule has 0 fully saturated rings. The molecule has 0 saturated carbocycles. The lowest BCUT2D eigenvalue weighted by molar-refractivity contribution is -0.148. The quantitative estimate of drug-likeness (QED) is 0.885. The van der Waals surface area contributed by atoms with Gasteiger partial charge in [0.25, 0.3) is 0 Å². The second kappa shape index (κ2) is 5.23. The van der Waals surface area contributed by atoms with E-state index < -0.39 is 11.4 Å². The molecule has 0 heterocycles. The van der Waals surface area contributed by atoms with Crippen molar-refractivity contribution in [2.45, 2.75) is 33.1 Å². The Bertz CT molecular complexity index is 646. The molecule has 20 heavy (non-hydrogen) atoms. The number of carbonyl (C=O) groups is 1. The third-order valence-corrected chi connectivity index (χ3v) is 4.06. The summed E-state index contributed by atoms with van der Waals surface area (Å²) >= 11 is 0. The number of fused-ring (bicyclic) bond motifs is 1. The molecule has 2 aromatic carbocycles. The molecule has 3 heteroatoms. The third-order valence-electron chi connectivity index (χ3n) is 4.06. The molecule has 0 aromatic heterocycles. The van der Waals surface area contributed by atoms with Crippen LogP contribution in [0.1, 0.15) is 38.7 Å². The Morgan fingerprint density at radius 2 is 1.80 bits per heavy atom. The number of benzene rings is 2. The fraction of sp³-hybridized carbons (Fsp3) is 0.353. The molecule has 0 aliphatic rings. The Morgan fingerprint density at radius 3 is 2.40 bits per heavy atom. The van der Waals surface area contributed by atoms with E-state index in [1.54, 1.807) is 19.9 Å². The highest BCUT2D eigenvalue weighted by atomic mass is 19.1. The monoisotopic (exact) mass is 274 g/mol. The van der Waals surface area contributed by atoms with Crippen LogP contribution in [0.4, 0.5) is 4.39 Å². The van der Waals surface area contributed by atoms with Gasteiger partial charge in [0, 0.05) is 0 Å². The van der Waals surface area contributed by atoms with Gasteiger partial charge in [-0.1, -0.05) is 31.2 Å². The number of hydrogen-bond donors (Lipinski definition) is 1. The standard InChI is InChI=1S/C17H19FO2/c1-4-15(17(2,3)16(19)20)13-6-5-12-10-14(18)8-7-11(12)9-13/h5-10,15H,4H2,1-3H3,(H,19,20). The van der Waals surface area contributed by atoms with Crippen LogP contribution in [0.3, 0.4) is 0 Å². The SMILES string of the molecule is CCC(c1ccc2cc(F)ccc2c1)C(C)(C)C(=O)O. The number of carboxylic acids is 1. The lowest BCUT2D eigenvalue weighted by atomic mass is 9.73. The van der Waals surface area contributed by atoms with Crippen molar-refractivity contribution in [1.29, 1.82) is 0 Å². The Kier molecular flexibility index (Phi) is 3.80. The van der Waals surface area contributed by atoms with Crippen molar-refractivity contribution in [2.24, 2.45) is 5.41 Å². The Balaban J connectivity index is 2.50. The van der Waals surface area contributed by atoms with Crippen LogP contribution in [0, 0.1) is 11.2 Å². The summed E-state index contributed by atoms with van der Waals surface area (Å²) in [6.45, 7) is 5.49. The molecule has 0 saturated heterocycles. The zero-order chi connectivity index (χ0) is 14.9. The summed E-state index contributed by atoms with van der Waals surface area (Å²) in [5.74, 6) is -1.14. The number of carboxylic acid groups (broad SMARTS) is 1. The summed E-state index contributed by atoms with van der Waals surface area (Å²) in [5, 5.41) is 11.2. The van der Waals surface area contributed by atoms with Gasteiger partial charge in [-0.3, -0.25) is 4.79 Å². The highest BCUT2D eigenvalue weighted by molar-refractivity contribution is 5.84. The highest BCUT2D eigenvalue weighted by Crippen LogP contribution is 2.39. The fourth-order valence-electron chi connectivity index (χ4n) is 2.76. The van der Waals surface area contributed by atoms with Crippen LogP contribution in [0.25, 0.3) is 10.8 Å². The van der Waals surface area contributed by atoms with E-state index in [0.29, 0.717) is 0 Å². The molecule has 0 spiro atoms. The van der Waals surface area contributed by atoms with Crippen molar-refractivity contribution in [3.05, 3.63) is 47.8 Å². The van der Waals surface area contributed by atoms with Gasteiger partial charge >= 0.3 is 5.97 Å². The van der Waals surface area contributed by atoms with Crippen molar-refractivity contribution in [3.63, 3.8) is 0 Å². The zero-order valence-corrected chi connectivity index (χ0v) is 12.0. The molecule has 2 nitrogen and oxygen atoms in total. The summed E-state index contributed by atoms with van der Waals surface area (Å²) in [4.78, 5) is 11.5. The van der Waals surface area contributed by atoms with E-state index in [4.69, 9.17) is 0 Å². The first-order valence-electron chi connectivity index (χ1n) is 6.79. The number of aliphatic carboxylic acids is 1. The molecule has 1 unspecified atom stereocenters. The molecule has 0 bridgehead atoms. The van der Waals surface area contributed by atoms with Gasteiger partial charge in [0.2, 0.25) is 0 Å². The first-order chi connectivity index (χ1) is 9.36. The van der Waals surface area contributed by atoms with Gasteiger partial charge < -0.3 is 5.11 Å². The van der Waals surface area contributed by atoms with Gasteiger partial charge in [0.1, 0.15) is 5.82 Å². The summed E-state index contributed by atoms with van der Waals surface area (Å²) in [7, 11) is 0. The van der Waals surface area contributed by atoms with Crippen molar-refractivity contribution in [2.75, 3.05) is 0 Å². The van der Waals surface area contributed by atoms with Gasteiger partial charge in [-0.2, -0.15) is 0 Å². The maximum absolute atomic E-state index is 13.2. The normalized spacial score (nSPS) is 13.4. The topological polar surface area (TPSA) is 37.3 Å². The van der Waals surface area contributed by atoms with E-state index in [1.807, 2.05) is 25.1 Å². The average molecular weight is 274 g/mol. The molecule has 0 aliphatic heterocycles. The third kappa shape index (κ3) is 2.53. The summed E-state index contributed by atoms with van der Waals surface area (Å²) < 4.78 is 13.2. The summed E-state index contributed by atoms with van der Waals surface area (Å²) in [5.41, 5.74) is 0.154. The second-order valence-electron chi connectivity index (χ2n) is 5.74. The maximum Gasteiger partial charge on any atom is 0.309 e. The van der Waals surface area contributed by atoms with Crippen LogP contribution >= 0.6 is 0 Å². The number of halogens is 1. The van der Waals surface area contributed by atoms with Crippen molar-refractivity contribution in [1.82, 2.24) is 0 Å². The lowest BCUT2D eigenvalue weighted by Crippen LogP contribution is -2.31. The van der Waals surface area contributed by atoms with Crippen molar-refractivity contribution in [3.8, 4) is 0 Å². The molecule has 1 N–H and O–H groups in total. The van der Waals surface area contributed by atoms with Crippen LogP contribution in [-0.2, 0) is 4.79 Å². The second-order valence-corrected chi connectivity index (χ2v) is 5.74. The van der Waals surface area contributed by atoms with Gasteiger partial charge in [-0.05, 0) is 54.7 Å². The van der Waals surface area contributed by atoms with E-state index in [9.17, 15) is 14.3 Å². The van der Waals surface area contributed by atoms with Gasteiger partial charge in [-0.25, -0.2) is 4.39 Å². The van der Waals surface area contributed by atoms with E-state index in [1.165, 1.54) is 12.1 Å². The average Bonchev–Trinajstić information content (AvgIpc) is 2.39. The van der Waals surface area contributed by atoms with E-state index in [0.717, 1.165) is 22.8 Å². The van der Waals surface area contributed by atoms with Crippen LogP contribution < -0.4 is 0 Å². The van der Waals surface area contributed by atoms with Gasteiger partial charge in [-0.15, -0.1) is 0 Å². The van der Waals surface area contributed by atoms with E-state index in [-0.39, 0.29) is 11.7 Å². The smallest absolute Gasteiger partial charge is 0.309 e. The molecule has 106 valence electrons. The minimum Gasteiger partial charge on any atom is -0.481 e. The first kappa shape index (κ1) is 14.5. The minimum atomic E-state index is -0.831. The molecule has 2 rings (SSSR count). The largest absolute Gasteiger partial charge is 0.481 e. The van der Waals surface area contributed by atoms with Crippen LogP contribution in [0.15, 0.2) is 36.4 Å². The molecule has 0 aliphatic carbocycles. The maximum atomic E-state index is 13.2. The molecular formula is C17H19FO2. The Hall–Kier alpha value is -1.90. The van der Waals surface area contributed by atoms with Crippen molar-refractivity contribution < 1.29 is 14.3 Å². The van der Waals surface area contributed by atoms with Gasteiger partial charge in [0.15, 0.2) is 0 Å². The van der Waals surface area contributed by atoms with Gasteiger partial charge in [0.05, 0.1) is 5.41 Å². The zero-order valence-electron chi connectivity index (χ0n) is 12.0. The summed E-state index contributed by atoms with van der Waals surface area (Å²) in [6, 6.07) is 10.4. The van der Waals surface area contributed by atoms with Crippen LogP contribution in [-0.4, -0.2) is 11.1 Å². The van der Waals surface area contributed by atoms with Crippen molar-refractivity contribution >= 4 is 16.7 Å². The van der Waals surface area contributed by atoms with E-state index >= 15 is 0 Å². The number of rotatable bonds is 4. The number of hydrogen-bond acceptors (Lipinski definition) is 1. The molecular weight excluding hydrogens is 255 g/mol. The lowest BCUT2D eigenvalue weighted by Gasteiger charge is -2.30. The van der Waals surface area contributed by atoms with Crippen LogP contribution in [0.2, 0.25) is 0 Å². The Morgan fingerprint density at radius 1 is 1.20 bits per heavy atom. The highest BCUT2D eigenvalue weighted by Gasteiger charge is 2.36. The predicted molar refractivity (Wildman–Crippen MR) is 78.4 cm³/mol. The van der Waals surface area contributed by atoms with E-state index in [2.05, 4.69) is 0 Å². The fourth-order valence-corrected chi connectivity index (χ4v) is 2.76. The Labute approximate surface area is 118 Å². The molecule has 1 atom stereocenters. The summed E-state index contributed by atoms with van der Waals surface area (Å²) in [6.07, 6.45) is 0.742. The molecule has 2 aromatic rings.